The zero-order valence-electron chi connectivity index (χ0n) is 10.3. The van der Waals surface area contributed by atoms with Gasteiger partial charge in [-0.3, -0.25) is 4.68 Å². The quantitative estimate of drug-likeness (QED) is 0.940. The van der Waals surface area contributed by atoms with E-state index in [-0.39, 0.29) is 11.9 Å². The molecule has 5 heteroatoms. The molecule has 1 N–H and O–H groups in total. The Labute approximate surface area is 114 Å². The van der Waals surface area contributed by atoms with Gasteiger partial charge in [-0.15, -0.1) is 0 Å². The summed E-state index contributed by atoms with van der Waals surface area (Å²) < 4.78 is 16.6. The van der Waals surface area contributed by atoms with E-state index in [4.69, 9.17) is 0 Å². The van der Waals surface area contributed by atoms with Crippen molar-refractivity contribution >= 4 is 15.9 Å². The predicted octanol–water partition coefficient (Wildman–Crippen LogP) is 3.11. The first kappa shape index (κ1) is 13.2. The lowest BCUT2D eigenvalue weighted by atomic mass is 10.0. The van der Waals surface area contributed by atoms with Gasteiger partial charge in [-0.25, -0.2) is 4.39 Å². The highest BCUT2D eigenvalue weighted by Gasteiger charge is 2.21. The highest BCUT2D eigenvalue weighted by Crippen LogP contribution is 2.30. The van der Waals surface area contributed by atoms with Crippen LogP contribution in [0.2, 0.25) is 0 Å². The maximum Gasteiger partial charge on any atom is 0.129 e. The average Bonchev–Trinajstić information content (AvgIpc) is 2.82. The molecule has 1 unspecified atom stereocenters. The van der Waals surface area contributed by atoms with E-state index >= 15 is 0 Å². The van der Waals surface area contributed by atoms with Crippen LogP contribution in [0.5, 0.6) is 0 Å². The molecule has 0 aliphatic carbocycles. The van der Waals surface area contributed by atoms with Crippen molar-refractivity contribution in [2.24, 2.45) is 0 Å². The Bertz CT molecular complexity index is 519. The molecule has 1 aromatic carbocycles. The molecule has 1 heterocycles. The van der Waals surface area contributed by atoms with E-state index in [9.17, 15) is 4.39 Å². The Hall–Kier alpha value is -1.20. The van der Waals surface area contributed by atoms with Gasteiger partial charge >= 0.3 is 0 Å². The van der Waals surface area contributed by atoms with Crippen LogP contribution in [0.4, 0.5) is 4.39 Å². The lowest BCUT2D eigenvalue weighted by Gasteiger charge is -2.20. The summed E-state index contributed by atoms with van der Waals surface area (Å²) in [4.78, 5) is 0. The van der Waals surface area contributed by atoms with Crippen LogP contribution in [-0.2, 0) is 6.54 Å². The molecule has 0 fully saturated rings. The van der Waals surface area contributed by atoms with Gasteiger partial charge in [0.05, 0.1) is 11.7 Å². The Kier molecular flexibility index (Phi) is 4.14. The van der Waals surface area contributed by atoms with E-state index in [1.54, 1.807) is 12.3 Å². The molecule has 0 spiro atoms. The predicted molar refractivity (Wildman–Crippen MR) is 72.9 cm³/mol. The van der Waals surface area contributed by atoms with Crippen LogP contribution in [0.15, 0.2) is 34.9 Å². The number of nitrogens with zero attached hydrogens (tertiary/aromatic N) is 2. The van der Waals surface area contributed by atoms with E-state index in [1.165, 1.54) is 6.07 Å². The van der Waals surface area contributed by atoms with Crippen molar-refractivity contribution in [2.45, 2.75) is 19.5 Å². The highest BCUT2D eigenvalue weighted by atomic mass is 79.9. The fourth-order valence-corrected chi connectivity index (χ4v) is 2.65. The Morgan fingerprint density at radius 2 is 2.22 bits per heavy atom. The number of nitrogens with one attached hydrogen (secondary N) is 1. The van der Waals surface area contributed by atoms with Gasteiger partial charge in [0.25, 0.3) is 0 Å². The molecule has 0 saturated heterocycles. The Morgan fingerprint density at radius 1 is 1.44 bits per heavy atom. The number of hydrogen-bond acceptors (Lipinski definition) is 2. The van der Waals surface area contributed by atoms with Gasteiger partial charge in [0.15, 0.2) is 0 Å². The first-order chi connectivity index (χ1) is 8.69. The van der Waals surface area contributed by atoms with E-state index in [1.807, 2.05) is 30.8 Å². The van der Waals surface area contributed by atoms with Gasteiger partial charge in [0.1, 0.15) is 5.82 Å². The van der Waals surface area contributed by atoms with Crippen LogP contribution in [0, 0.1) is 5.82 Å². The van der Waals surface area contributed by atoms with E-state index < -0.39 is 0 Å². The van der Waals surface area contributed by atoms with Crippen molar-refractivity contribution in [1.29, 1.82) is 0 Å². The molecular weight excluding hydrogens is 297 g/mol. The molecule has 0 aliphatic heterocycles. The van der Waals surface area contributed by atoms with Crippen LogP contribution in [0.25, 0.3) is 0 Å². The minimum absolute atomic E-state index is 0.219. The lowest BCUT2D eigenvalue weighted by molar-refractivity contribution is 0.531. The van der Waals surface area contributed by atoms with Gasteiger partial charge in [0, 0.05) is 22.8 Å². The number of aryl methyl sites for hydroxylation is 1. The molecule has 2 rings (SSSR count). The van der Waals surface area contributed by atoms with Crippen molar-refractivity contribution in [3.05, 3.63) is 52.0 Å². The third-order valence-electron chi connectivity index (χ3n) is 2.92. The smallest absolute Gasteiger partial charge is 0.129 e. The van der Waals surface area contributed by atoms with Crippen molar-refractivity contribution in [2.75, 3.05) is 7.05 Å². The summed E-state index contributed by atoms with van der Waals surface area (Å²) in [6.45, 7) is 2.77. The van der Waals surface area contributed by atoms with Crippen LogP contribution in [-0.4, -0.2) is 16.8 Å². The first-order valence-electron chi connectivity index (χ1n) is 5.82. The first-order valence-corrected chi connectivity index (χ1v) is 6.61. The number of hydrogen-bond donors (Lipinski definition) is 1. The van der Waals surface area contributed by atoms with Gasteiger partial charge in [-0.05, 0) is 32.2 Å². The van der Waals surface area contributed by atoms with Crippen LogP contribution in [0.1, 0.15) is 24.2 Å². The fraction of sp³-hybridized carbons (Fsp3) is 0.308. The zero-order chi connectivity index (χ0) is 13.1. The summed E-state index contributed by atoms with van der Waals surface area (Å²) in [6.07, 6.45) is 1.73. The standard InChI is InChI=1S/C13H15BrFN3/c1-3-18-11(7-8-17-18)13(16-2)12-9(14)5-4-6-10(12)15/h4-8,13,16H,3H2,1-2H3. The van der Waals surface area contributed by atoms with Crippen molar-refractivity contribution in [3.8, 4) is 0 Å². The van der Waals surface area contributed by atoms with Crippen LogP contribution in [0.3, 0.4) is 0 Å². The minimum Gasteiger partial charge on any atom is -0.308 e. The fourth-order valence-electron chi connectivity index (χ4n) is 2.08. The summed E-state index contributed by atoms with van der Waals surface area (Å²) >= 11 is 3.41. The van der Waals surface area contributed by atoms with Gasteiger partial charge in [-0.2, -0.15) is 5.10 Å². The molecule has 1 aromatic heterocycles. The molecule has 0 saturated carbocycles. The van der Waals surface area contributed by atoms with Gasteiger partial charge < -0.3 is 5.32 Å². The van der Waals surface area contributed by atoms with E-state index in [2.05, 4.69) is 26.3 Å². The second kappa shape index (κ2) is 5.63. The monoisotopic (exact) mass is 311 g/mol. The molecule has 0 aliphatic rings. The second-order valence-electron chi connectivity index (χ2n) is 3.93. The molecule has 3 nitrogen and oxygen atoms in total. The molecule has 96 valence electrons. The molecule has 1 atom stereocenters. The second-order valence-corrected chi connectivity index (χ2v) is 4.78. The lowest BCUT2D eigenvalue weighted by Crippen LogP contribution is -2.22. The summed E-state index contributed by atoms with van der Waals surface area (Å²) in [5.74, 6) is -0.229. The summed E-state index contributed by atoms with van der Waals surface area (Å²) in [5, 5.41) is 7.37. The molecule has 0 bridgehead atoms. The topological polar surface area (TPSA) is 29.9 Å². The number of halogens is 2. The largest absolute Gasteiger partial charge is 0.308 e. The summed E-state index contributed by atoms with van der Waals surface area (Å²) in [7, 11) is 1.82. The molecule has 2 aromatic rings. The molecular formula is C13H15BrFN3. The SMILES string of the molecule is CCn1nccc1C(NC)c1c(F)cccc1Br. The van der Waals surface area contributed by atoms with Gasteiger partial charge in [-0.1, -0.05) is 22.0 Å². The number of benzene rings is 1. The summed E-state index contributed by atoms with van der Waals surface area (Å²) in [5.41, 5.74) is 1.56. The van der Waals surface area contributed by atoms with Crippen molar-refractivity contribution < 1.29 is 4.39 Å². The third kappa shape index (κ3) is 2.33. The normalized spacial score (nSPS) is 12.7. The third-order valence-corrected chi connectivity index (χ3v) is 3.61. The van der Waals surface area contributed by atoms with E-state index in [0.717, 1.165) is 16.7 Å². The maximum absolute atomic E-state index is 14.0. The molecule has 0 radical (unpaired) electrons. The van der Waals surface area contributed by atoms with Gasteiger partial charge in [0.2, 0.25) is 0 Å². The Balaban J connectivity index is 2.52. The highest BCUT2D eigenvalue weighted by molar-refractivity contribution is 9.10. The van der Waals surface area contributed by atoms with Crippen molar-refractivity contribution in [1.82, 2.24) is 15.1 Å². The van der Waals surface area contributed by atoms with E-state index in [0.29, 0.717) is 5.56 Å². The zero-order valence-corrected chi connectivity index (χ0v) is 11.9. The van der Waals surface area contributed by atoms with Crippen LogP contribution >= 0.6 is 15.9 Å². The summed E-state index contributed by atoms with van der Waals surface area (Å²) in [6, 6.07) is 6.69. The molecule has 18 heavy (non-hydrogen) atoms. The Morgan fingerprint density at radius 3 is 2.83 bits per heavy atom. The maximum atomic E-state index is 14.0. The van der Waals surface area contributed by atoms with Crippen LogP contribution < -0.4 is 5.32 Å². The average molecular weight is 312 g/mol. The number of rotatable bonds is 4. The minimum atomic E-state index is -0.229. The molecule has 0 amide bonds. The van der Waals surface area contributed by atoms with Crippen molar-refractivity contribution in [3.63, 3.8) is 0 Å². The number of aromatic nitrogens is 2.